The van der Waals surface area contributed by atoms with Crippen molar-refractivity contribution in [2.75, 3.05) is 31.1 Å². The Morgan fingerprint density at radius 1 is 1.39 bits per heavy atom. The summed E-state index contributed by atoms with van der Waals surface area (Å²) in [6.07, 6.45) is 1.46. The fourth-order valence-corrected chi connectivity index (χ4v) is 2.92. The molecule has 0 amide bonds. The lowest BCUT2D eigenvalue weighted by Gasteiger charge is -2.30. The first kappa shape index (κ1) is 15.1. The molecule has 0 radical (unpaired) electrons. The molecular weight excluding hydrogens is 292 g/mol. The third-order valence-electron chi connectivity index (χ3n) is 4.04. The predicted octanol–water partition coefficient (Wildman–Crippen LogP) is 0.0396. The number of piperazine rings is 1. The third kappa shape index (κ3) is 2.45. The molecule has 0 aliphatic carbocycles. The van der Waals surface area contributed by atoms with Gasteiger partial charge < -0.3 is 19.4 Å². The number of anilines is 1. The molecule has 0 atom stereocenters. The van der Waals surface area contributed by atoms with Gasteiger partial charge in [-0.1, -0.05) is 5.92 Å². The molecule has 1 aliphatic rings. The lowest BCUT2D eigenvalue weighted by atomic mass is 10.2. The first-order valence-electron chi connectivity index (χ1n) is 7.52. The van der Waals surface area contributed by atoms with Crippen LogP contribution in [0.4, 0.5) is 5.82 Å². The van der Waals surface area contributed by atoms with E-state index < -0.39 is 0 Å². The van der Waals surface area contributed by atoms with E-state index in [0.717, 1.165) is 32.0 Å². The lowest BCUT2D eigenvalue weighted by Crippen LogP contribution is -2.44. The van der Waals surface area contributed by atoms with Crippen LogP contribution in [0.25, 0.3) is 11.0 Å². The van der Waals surface area contributed by atoms with Crippen LogP contribution in [0.15, 0.2) is 11.1 Å². The molecule has 0 unspecified atom stereocenters. The number of hydrogen-bond donors (Lipinski definition) is 1. The lowest BCUT2D eigenvalue weighted by molar-refractivity contribution is 0.577. The minimum Gasteiger partial charge on any atom is -0.354 e. The van der Waals surface area contributed by atoms with Crippen LogP contribution in [0, 0.1) is 23.2 Å². The zero-order valence-electron chi connectivity index (χ0n) is 13.3. The quantitative estimate of drug-likeness (QED) is 0.792. The summed E-state index contributed by atoms with van der Waals surface area (Å²) in [7, 11) is 1.66. The third-order valence-corrected chi connectivity index (χ3v) is 4.04. The Morgan fingerprint density at radius 2 is 2.13 bits per heavy atom. The van der Waals surface area contributed by atoms with E-state index in [0.29, 0.717) is 23.1 Å². The Balaban J connectivity index is 2.35. The van der Waals surface area contributed by atoms with E-state index in [-0.39, 0.29) is 5.56 Å². The monoisotopic (exact) mass is 310 g/mol. The van der Waals surface area contributed by atoms with Crippen molar-refractivity contribution >= 4 is 16.9 Å². The van der Waals surface area contributed by atoms with Crippen molar-refractivity contribution in [3.05, 3.63) is 22.2 Å². The fraction of sp³-hybridized carbons (Fsp3) is 0.438. The smallest absolute Gasteiger partial charge is 0.277 e. The molecule has 1 fully saturated rings. The van der Waals surface area contributed by atoms with E-state index in [2.05, 4.69) is 33.1 Å². The maximum atomic E-state index is 12.6. The van der Waals surface area contributed by atoms with E-state index in [1.165, 1.54) is 10.9 Å². The Labute approximate surface area is 134 Å². The molecule has 3 heterocycles. The van der Waals surface area contributed by atoms with Crippen LogP contribution in [-0.4, -0.2) is 40.3 Å². The highest BCUT2D eigenvalue weighted by molar-refractivity contribution is 5.89. The topological polar surface area (TPSA) is 78.9 Å². The molecule has 23 heavy (non-hydrogen) atoms. The van der Waals surface area contributed by atoms with E-state index in [9.17, 15) is 10.1 Å². The van der Waals surface area contributed by atoms with Crippen LogP contribution in [0.5, 0.6) is 0 Å². The summed E-state index contributed by atoms with van der Waals surface area (Å²) in [4.78, 5) is 19.0. The molecule has 0 bridgehead atoms. The van der Waals surface area contributed by atoms with Crippen molar-refractivity contribution in [2.24, 2.45) is 7.05 Å². The highest BCUT2D eigenvalue weighted by Crippen LogP contribution is 2.29. The molecule has 7 nitrogen and oxygen atoms in total. The van der Waals surface area contributed by atoms with Gasteiger partial charge in [-0.3, -0.25) is 4.79 Å². The molecule has 0 spiro atoms. The summed E-state index contributed by atoms with van der Waals surface area (Å²) < 4.78 is 3.27. The molecular formula is C16H18N6O. The summed E-state index contributed by atoms with van der Waals surface area (Å²) in [6, 6.07) is 2.24. The van der Waals surface area contributed by atoms with E-state index in [4.69, 9.17) is 0 Å². The number of rotatable bonds is 2. The van der Waals surface area contributed by atoms with E-state index in [1.54, 1.807) is 14.0 Å². The van der Waals surface area contributed by atoms with E-state index >= 15 is 0 Å². The molecule has 1 aliphatic heterocycles. The second kappa shape index (κ2) is 6.15. The van der Waals surface area contributed by atoms with Crippen molar-refractivity contribution < 1.29 is 0 Å². The van der Waals surface area contributed by atoms with Gasteiger partial charge in [0.2, 0.25) is 0 Å². The van der Waals surface area contributed by atoms with Crippen LogP contribution in [-0.2, 0) is 13.6 Å². The molecule has 0 saturated carbocycles. The Hall–Kier alpha value is -2.77. The van der Waals surface area contributed by atoms with E-state index in [1.807, 2.05) is 4.57 Å². The predicted molar refractivity (Wildman–Crippen MR) is 88.2 cm³/mol. The first-order chi connectivity index (χ1) is 11.2. The Kier molecular flexibility index (Phi) is 4.05. The first-order valence-corrected chi connectivity index (χ1v) is 7.52. The van der Waals surface area contributed by atoms with Crippen molar-refractivity contribution in [3.8, 4) is 17.9 Å². The SMILES string of the molecule is CC#CCn1c(N2CCNCC2)c(C#N)c2ncn(C)c(=O)c21. The fourth-order valence-electron chi connectivity index (χ4n) is 2.92. The van der Waals surface area contributed by atoms with Crippen molar-refractivity contribution in [2.45, 2.75) is 13.5 Å². The number of nitriles is 1. The van der Waals surface area contributed by atoms with Crippen LogP contribution in [0.3, 0.4) is 0 Å². The van der Waals surface area contributed by atoms with Gasteiger partial charge in [0, 0.05) is 33.2 Å². The zero-order chi connectivity index (χ0) is 16.4. The maximum absolute atomic E-state index is 12.6. The van der Waals surface area contributed by atoms with Gasteiger partial charge >= 0.3 is 0 Å². The normalized spacial score (nSPS) is 14.4. The maximum Gasteiger partial charge on any atom is 0.277 e. The second-order valence-corrected chi connectivity index (χ2v) is 5.42. The summed E-state index contributed by atoms with van der Waals surface area (Å²) in [5.74, 6) is 6.62. The number of nitrogens with one attached hydrogen (secondary N) is 1. The summed E-state index contributed by atoms with van der Waals surface area (Å²) in [5.41, 5.74) is 1.20. The number of fused-ring (bicyclic) bond motifs is 1. The van der Waals surface area contributed by atoms with Gasteiger partial charge in [-0.2, -0.15) is 5.26 Å². The number of aromatic nitrogens is 3. The average Bonchev–Trinajstić information content (AvgIpc) is 2.91. The van der Waals surface area contributed by atoms with Gasteiger partial charge in [0.15, 0.2) is 0 Å². The highest BCUT2D eigenvalue weighted by atomic mass is 16.1. The molecule has 7 heteroatoms. The molecule has 2 aromatic rings. The molecule has 118 valence electrons. The average molecular weight is 310 g/mol. The summed E-state index contributed by atoms with van der Waals surface area (Å²) >= 11 is 0. The Bertz CT molecular complexity index is 899. The van der Waals surface area contributed by atoms with Crippen LogP contribution < -0.4 is 15.8 Å². The van der Waals surface area contributed by atoms with Crippen molar-refractivity contribution in [1.82, 2.24) is 19.4 Å². The number of nitrogens with zero attached hydrogens (tertiary/aromatic N) is 5. The number of aryl methyl sites for hydroxylation is 1. The molecule has 3 rings (SSSR count). The Morgan fingerprint density at radius 3 is 2.78 bits per heavy atom. The van der Waals surface area contributed by atoms with Gasteiger partial charge in [-0.25, -0.2) is 4.98 Å². The van der Waals surface area contributed by atoms with Gasteiger partial charge in [0.25, 0.3) is 5.56 Å². The van der Waals surface area contributed by atoms with Crippen LogP contribution >= 0.6 is 0 Å². The summed E-state index contributed by atoms with van der Waals surface area (Å²) in [5, 5.41) is 13.0. The van der Waals surface area contributed by atoms with Gasteiger partial charge in [0.1, 0.15) is 28.5 Å². The number of hydrogen-bond acceptors (Lipinski definition) is 5. The van der Waals surface area contributed by atoms with Gasteiger partial charge in [-0.15, -0.1) is 5.92 Å². The van der Waals surface area contributed by atoms with Gasteiger partial charge in [-0.05, 0) is 6.92 Å². The standard InChI is InChI=1S/C16H18N6O/c1-3-4-7-22-14-13(19-11-20(2)16(14)23)12(10-17)15(22)21-8-5-18-6-9-21/h11,18H,5-9H2,1-2H3. The molecule has 0 aromatic carbocycles. The van der Waals surface area contributed by atoms with Crippen LogP contribution in [0.1, 0.15) is 12.5 Å². The van der Waals surface area contributed by atoms with Crippen molar-refractivity contribution in [1.29, 1.82) is 5.26 Å². The zero-order valence-corrected chi connectivity index (χ0v) is 13.3. The highest BCUT2D eigenvalue weighted by Gasteiger charge is 2.25. The molecule has 1 N–H and O–H groups in total. The minimum absolute atomic E-state index is 0.161. The summed E-state index contributed by atoms with van der Waals surface area (Å²) in [6.45, 7) is 5.39. The van der Waals surface area contributed by atoms with Crippen LogP contribution in [0.2, 0.25) is 0 Å². The molecule has 2 aromatic heterocycles. The van der Waals surface area contributed by atoms with Gasteiger partial charge in [0.05, 0.1) is 12.9 Å². The van der Waals surface area contributed by atoms with Crippen molar-refractivity contribution in [3.63, 3.8) is 0 Å². The molecule has 1 saturated heterocycles. The minimum atomic E-state index is -0.161. The second-order valence-electron chi connectivity index (χ2n) is 5.42. The largest absolute Gasteiger partial charge is 0.354 e.